The van der Waals surface area contributed by atoms with Crippen molar-refractivity contribution in [1.82, 2.24) is 0 Å². The molecule has 2 nitrogen and oxygen atoms in total. The average Bonchev–Trinajstić information content (AvgIpc) is 3.53. The number of hydrogen-bond acceptors (Lipinski definition) is 2. The zero-order valence-corrected chi connectivity index (χ0v) is 28.4. The first-order chi connectivity index (χ1) is 24.8. The molecule has 2 heteroatoms. The molecular formula is C48H42N2. The average molecular weight is 647 g/mol. The molecule has 0 spiro atoms. The SMILES string of the molecule is C1=CC(N(C2=CC=C3C4=CC(c5ccc(-c6ccc(-c7ccccc7)cc6)cc5)CCC4N(c4ccccc4)C3C2)c2ccccc2)=CCC1. The number of rotatable bonds is 7. The van der Waals surface area contributed by atoms with Gasteiger partial charge in [0.2, 0.25) is 0 Å². The van der Waals surface area contributed by atoms with Gasteiger partial charge in [0.05, 0.1) is 12.1 Å². The third-order valence-electron chi connectivity index (χ3n) is 11.0. The molecule has 1 fully saturated rings. The molecular weight excluding hydrogens is 605 g/mol. The minimum atomic E-state index is 0.299. The Kier molecular flexibility index (Phi) is 8.14. The predicted octanol–water partition coefficient (Wildman–Crippen LogP) is 12.0. The summed E-state index contributed by atoms with van der Waals surface area (Å²) in [6, 6.07) is 51.6. The molecule has 0 N–H and O–H groups in total. The van der Waals surface area contributed by atoms with Crippen molar-refractivity contribution in [1.29, 1.82) is 0 Å². The van der Waals surface area contributed by atoms with Crippen LogP contribution in [0.5, 0.6) is 0 Å². The third kappa shape index (κ3) is 5.75. The van der Waals surface area contributed by atoms with Crippen LogP contribution in [0.25, 0.3) is 22.3 Å². The van der Waals surface area contributed by atoms with E-state index in [0.29, 0.717) is 18.0 Å². The summed E-state index contributed by atoms with van der Waals surface area (Å²) in [5.74, 6) is 0.414. The standard InChI is InChI=1S/C48H42N2/c1-5-13-35(14-6-1)36-21-23-37(24-22-36)38-25-27-39(28-26-38)40-29-32-47-46(33-40)45-31-30-44(34-48(45)50(47)43-19-11-4-12-20-43)49(41-15-7-2-8-16-41)42-17-9-3-10-18-42/h1-2,4-9,11-28,30-31,33,40,47-48H,3,10,29,32,34H2. The summed E-state index contributed by atoms with van der Waals surface area (Å²) >= 11 is 0. The van der Waals surface area contributed by atoms with Gasteiger partial charge in [0.25, 0.3) is 0 Å². The van der Waals surface area contributed by atoms with E-state index in [0.717, 1.165) is 32.1 Å². The van der Waals surface area contributed by atoms with Gasteiger partial charge in [-0.1, -0.05) is 140 Å². The van der Waals surface area contributed by atoms with E-state index in [1.54, 1.807) is 0 Å². The number of allylic oxidation sites excluding steroid dienone is 6. The number of benzene rings is 5. The maximum atomic E-state index is 2.73. The number of para-hydroxylation sites is 2. The van der Waals surface area contributed by atoms with Crippen molar-refractivity contribution >= 4 is 11.4 Å². The molecule has 1 aliphatic heterocycles. The third-order valence-corrected chi connectivity index (χ3v) is 11.0. The summed E-state index contributed by atoms with van der Waals surface area (Å²) in [7, 11) is 0. The van der Waals surface area contributed by atoms with Gasteiger partial charge in [-0.2, -0.15) is 0 Å². The van der Waals surface area contributed by atoms with Crippen LogP contribution in [-0.4, -0.2) is 12.1 Å². The topological polar surface area (TPSA) is 6.48 Å². The maximum Gasteiger partial charge on any atom is 0.0607 e. The highest BCUT2D eigenvalue weighted by molar-refractivity contribution is 5.72. The van der Waals surface area contributed by atoms with Crippen LogP contribution in [-0.2, 0) is 0 Å². The van der Waals surface area contributed by atoms with Gasteiger partial charge in [0.15, 0.2) is 0 Å². The summed E-state index contributed by atoms with van der Waals surface area (Å²) < 4.78 is 0. The lowest BCUT2D eigenvalue weighted by atomic mass is 9.80. The van der Waals surface area contributed by atoms with Gasteiger partial charge in [-0.3, -0.25) is 0 Å². The van der Waals surface area contributed by atoms with Gasteiger partial charge in [0.1, 0.15) is 0 Å². The molecule has 244 valence electrons. The van der Waals surface area contributed by atoms with Crippen LogP contribution < -0.4 is 9.80 Å². The smallest absolute Gasteiger partial charge is 0.0607 e. The lowest BCUT2D eigenvalue weighted by molar-refractivity contribution is 0.549. The van der Waals surface area contributed by atoms with Crippen LogP contribution >= 0.6 is 0 Å². The monoisotopic (exact) mass is 646 g/mol. The Bertz CT molecular complexity index is 2120. The first-order valence-electron chi connectivity index (χ1n) is 18.2. The van der Waals surface area contributed by atoms with Gasteiger partial charge >= 0.3 is 0 Å². The van der Waals surface area contributed by atoms with E-state index in [-0.39, 0.29) is 0 Å². The highest BCUT2D eigenvalue weighted by Crippen LogP contribution is 2.49. The fourth-order valence-corrected chi connectivity index (χ4v) is 8.53. The zero-order valence-electron chi connectivity index (χ0n) is 28.4. The Balaban J connectivity index is 1.03. The molecule has 1 saturated heterocycles. The van der Waals surface area contributed by atoms with E-state index in [1.165, 1.54) is 61.7 Å². The summed E-state index contributed by atoms with van der Waals surface area (Å²) in [6.45, 7) is 0. The zero-order chi connectivity index (χ0) is 33.3. The second-order valence-corrected chi connectivity index (χ2v) is 13.9. The van der Waals surface area contributed by atoms with Gasteiger partial charge in [0, 0.05) is 35.1 Å². The van der Waals surface area contributed by atoms with Crippen molar-refractivity contribution in [3.8, 4) is 22.3 Å². The van der Waals surface area contributed by atoms with Crippen LogP contribution in [0.1, 0.15) is 43.6 Å². The van der Waals surface area contributed by atoms with Crippen LogP contribution in [0.3, 0.4) is 0 Å². The van der Waals surface area contributed by atoms with Crippen molar-refractivity contribution in [2.24, 2.45) is 0 Å². The fraction of sp³-hybridized carbons (Fsp3) is 0.167. The first kappa shape index (κ1) is 30.5. The molecule has 0 aromatic heterocycles. The Morgan fingerprint density at radius 1 is 0.540 bits per heavy atom. The number of nitrogens with zero attached hydrogens (tertiary/aromatic N) is 2. The van der Waals surface area contributed by atoms with Crippen molar-refractivity contribution < 1.29 is 0 Å². The quantitative estimate of drug-likeness (QED) is 0.174. The Labute approximate surface area is 296 Å². The predicted molar refractivity (Wildman–Crippen MR) is 210 cm³/mol. The molecule has 5 aromatic carbocycles. The van der Waals surface area contributed by atoms with E-state index < -0.39 is 0 Å². The molecule has 0 radical (unpaired) electrons. The van der Waals surface area contributed by atoms with E-state index in [4.69, 9.17) is 0 Å². The molecule has 3 aliphatic carbocycles. The molecule has 0 saturated carbocycles. The van der Waals surface area contributed by atoms with Gasteiger partial charge in [-0.15, -0.1) is 0 Å². The molecule has 5 aromatic rings. The maximum absolute atomic E-state index is 2.73. The van der Waals surface area contributed by atoms with E-state index in [1.807, 2.05) is 0 Å². The van der Waals surface area contributed by atoms with Crippen molar-refractivity contribution in [2.75, 3.05) is 9.80 Å². The molecule has 9 rings (SSSR count). The number of anilines is 2. The highest BCUT2D eigenvalue weighted by atomic mass is 15.2. The van der Waals surface area contributed by atoms with Crippen LogP contribution in [0.2, 0.25) is 0 Å². The minimum Gasteiger partial charge on any atom is -0.357 e. The second-order valence-electron chi connectivity index (χ2n) is 13.9. The largest absolute Gasteiger partial charge is 0.357 e. The Morgan fingerprint density at radius 3 is 1.82 bits per heavy atom. The molecule has 0 bridgehead atoms. The molecule has 0 amide bonds. The normalized spacial score (nSPS) is 21.0. The minimum absolute atomic E-state index is 0.299. The Hall–Kier alpha value is -5.60. The molecule has 3 unspecified atom stereocenters. The molecule has 4 aliphatic rings. The lowest BCUT2D eigenvalue weighted by Crippen LogP contribution is -2.39. The van der Waals surface area contributed by atoms with Crippen molar-refractivity contribution in [3.63, 3.8) is 0 Å². The highest BCUT2D eigenvalue weighted by Gasteiger charge is 2.44. The van der Waals surface area contributed by atoms with Crippen LogP contribution in [0.15, 0.2) is 199 Å². The second kappa shape index (κ2) is 13.4. The van der Waals surface area contributed by atoms with Gasteiger partial charge < -0.3 is 9.80 Å². The number of hydrogen-bond donors (Lipinski definition) is 0. The van der Waals surface area contributed by atoms with E-state index in [9.17, 15) is 0 Å². The molecule has 50 heavy (non-hydrogen) atoms. The summed E-state index contributed by atoms with van der Waals surface area (Å²) in [5, 5.41) is 0. The van der Waals surface area contributed by atoms with Crippen LogP contribution in [0.4, 0.5) is 11.4 Å². The van der Waals surface area contributed by atoms with Crippen molar-refractivity contribution in [2.45, 2.75) is 50.1 Å². The van der Waals surface area contributed by atoms with Crippen LogP contribution in [0, 0.1) is 0 Å². The first-order valence-corrected chi connectivity index (χ1v) is 18.2. The summed E-state index contributed by atoms with van der Waals surface area (Å²) in [5.41, 5.74) is 14.6. The fourth-order valence-electron chi connectivity index (χ4n) is 8.53. The van der Waals surface area contributed by atoms with Gasteiger partial charge in [-0.25, -0.2) is 0 Å². The summed E-state index contributed by atoms with van der Waals surface area (Å²) in [6.07, 6.45) is 19.9. The lowest BCUT2D eigenvalue weighted by Gasteiger charge is -2.37. The van der Waals surface area contributed by atoms with E-state index >= 15 is 0 Å². The van der Waals surface area contributed by atoms with E-state index in [2.05, 4.69) is 186 Å². The molecule has 3 atom stereocenters. The Morgan fingerprint density at radius 2 is 1.16 bits per heavy atom. The summed E-state index contributed by atoms with van der Waals surface area (Å²) in [4.78, 5) is 5.22. The number of fused-ring (bicyclic) bond motifs is 3. The van der Waals surface area contributed by atoms with Crippen molar-refractivity contribution in [3.05, 3.63) is 204 Å². The molecule has 1 heterocycles. The van der Waals surface area contributed by atoms with Gasteiger partial charge in [-0.05, 0) is 101 Å².